The van der Waals surface area contributed by atoms with Crippen molar-refractivity contribution < 1.29 is 9.13 Å². The molecule has 0 atom stereocenters. The zero-order valence-electron chi connectivity index (χ0n) is 10.2. The first-order valence-corrected chi connectivity index (χ1v) is 5.75. The highest BCUT2D eigenvalue weighted by Gasteiger charge is 2.09. The number of nitrogens with zero attached hydrogens (tertiary/aromatic N) is 1. The quantitative estimate of drug-likeness (QED) is 0.880. The first kappa shape index (κ1) is 12.5. The van der Waals surface area contributed by atoms with Crippen molar-refractivity contribution in [3.63, 3.8) is 0 Å². The van der Waals surface area contributed by atoms with Gasteiger partial charge in [0.15, 0.2) is 11.6 Å². The van der Waals surface area contributed by atoms with Gasteiger partial charge in [-0.2, -0.15) is 0 Å². The summed E-state index contributed by atoms with van der Waals surface area (Å²) in [5, 5.41) is 2.99. The zero-order valence-corrected chi connectivity index (χ0v) is 10.2. The molecular weight excluding hydrogens is 231 g/mol. The van der Waals surface area contributed by atoms with Crippen LogP contribution in [0, 0.1) is 5.82 Å². The van der Waals surface area contributed by atoms with E-state index in [4.69, 9.17) is 4.74 Å². The summed E-state index contributed by atoms with van der Waals surface area (Å²) in [5.41, 5.74) is 1.72. The average molecular weight is 246 g/mol. The normalized spacial score (nSPS) is 10.3. The standard InChI is InChI=1S/C14H15FN2O/c1-16-9-12-5-2-6-13(15)14(12)18-10-11-4-3-7-17-8-11/h2-8,16H,9-10H2,1H3. The number of hydrogen-bond donors (Lipinski definition) is 1. The maximum Gasteiger partial charge on any atom is 0.165 e. The first-order valence-electron chi connectivity index (χ1n) is 5.75. The number of rotatable bonds is 5. The molecule has 0 aliphatic rings. The molecule has 0 radical (unpaired) electrons. The molecule has 0 aliphatic carbocycles. The first-order chi connectivity index (χ1) is 8.81. The fraction of sp³-hybridized carbons (Fsp3) is 0.214. The van der Waals surface area contributed by atoms with Gasteiger partial charge in [-0.15, -0.1) is 0 Å². The van der Waals surface area contributed by atoms with Gasteiger partial charge >= 0.3 is 0 Å². The molecule has 0 spiro atoms. The largest absolute Gasteiger partial charge is 0.485 e. The number of hydrogen-bond acceptors (Lipinski definition) is 3. The maximum absolute atomic E-state index is 13.7. The molecule has 2 rings (SSSR count). The molecule has 1 heterocycles. The van der Waals surface area contributed by atoms with Crippen LogP contribution in [0.3, 0.4) is 0 Å². The summed E-state index contributed by atoms with van der Waals surface area (Å²) >= 11 is 0. The Labute approximate surface area is 106 Å². The lowest BCUT2D eigenvalue weighted by Crippen LogP contribution is -2.08. The second kappa shape index (κ2) is 6.12. The van der Waals surface area contributed by atoms with Crippen LogP contribution in [-0.4, -0.2) is 12.0 Å². The molecule has 1 aromatic heterocycles. The van der Waals surface area contributed by atoms with Crippen LogP contribution in [0.5, 0.6) is 5.75 Å². The predicted molar refractivity (Wildman–Crippen MR) is 67.7 cm³/mol. The third-order valence-corrected chi connectivity index (χ3v) is 2.52. The van der Waals surface area contributed by atoms with E-state index in [1.54, 1.807) is 18.5 Å². The molecule has 18 heavy (non-hydrogen) atoms. The van der Waals surface area contributed by atoms with Crippen LogP contribution in [0.1, 0.15) is 11.1 Å². The number of ether oxygens (including phenoxy) is 1. The van der Waals surface area contributed by atoms with Crippen LogP contribution in [0.4, 0.5) is 4.39 Å². The third kappa shape index (κ3) is 3.05. The minimum absolute atomic E-state index is 0.302. The molecule has 1 aromatic carbocycles. The molecule has 94 valence electrons. The molecular formula is C14H15FN2O. The van der Waals surface area contributed by atoms with Crippen molar-refractivity contribution in [2.45, 2.75) is 13.2 Å². The molecule has 0 fully saturated rings. The number of halogens is 1. The summed E-state index contributed by atoms with van der Waals surface area (Å²) in [4.78, 5) is 3.99. The molecule has 0 saturated heterocycles. The predicted octanol–water partition coefficient (Wildman–Crippen LogP) is 2.52. The van der Waals surface area contributed by atoms with Crippen LogP contribution in [-0.2, 0) is 13.2 Å². The van der Waals surface area contributed by atoms with E-state index in [1.165, 1.54) is 6.07 Å². The number of para-hydroxylation sites is 1. The van der Waals surface area contributed by atoms with E-state index in [2.05, 4.69) is 10.3 Å². The lowest BCUT2D eigenvalue weighted by molar-refractivity contribution is 0.286. The molecule has 0 amide bonds. The van der Waals surface area contributed by atoms with Crippen molar-refractivity contribution in [3.8, 4) is 5.75 Å². The second-order valence-corrected chi connectivity index (χ2v) is 3.91. The molecule has 0 saturated carbocycles. The summed E-state index contributed by atoms with van der Waals surface area (Å²) in [5.74, 6) is -0.0395. The van der Waals surface area contributed by atoms with Gasteiger partial charge in [0, 0.05) is 30.1 Å². The average Bonchev–Trinajstić information content (AvgIpc) is 2.40. The van der Waals surface area contributed by atoms with Crippen molar-refractivity contribution in [2.75, 3.05) is 7.05 Å². The molecule has 2 aromatic rings. The van der Waals surface area contributed by atoms with Gasteiger partial charge < -0.3 is 10.1 Å². The molecule has 0 unspecified atom stereocenters. The Bertz CT molecular complexity index is 502. The topological polar surface area (TPSA) is 34.1 Å². The maximum atomic E-state index is 13.7. The summed E-state index contributed by atoms with van der Waals surface area (Å²) in [6.45, 7) is 0.881. The summed E-state index contributed by atoms with van der Waals surface area (Å²) in [6, 6.07) is 8.65. The Balaban J connectivity index is 2.13. The third-order valence-electron chi connectivity index (χ3n) is 2.52. The van der Waals surface area contributed by atoms with Crippen LogP contribution in [0.25, 0.3) is 0 Å². The highest BCUT2D eigenvalue weighted by atomic mass is 19.1. The molecule has 0 aliphatic heterocycles. The Morgan fingerprint density at radius 1 is 1.28 bits per heavy atom. The van der Waals surface area contributed by atoms with Gasteiger partial charge in [0.1, 0.15) is 6.61 Å². The summed E-state index contributed by atoms with van der Waals surface area (Å²) < 4.78 is 19.3. The fourth-order valence-corrected chi connectivity index (χ4v) is 1.68. The summed E-state index contributed by atoms with van der Waals surface area (Å²) in [7, 11) is 1.82. The van der Waals surface area contributed by atoms with Gasteiger partial charge in [0.2, 0.25) is 0 Å². The van der Waals surface area contributed by atoms with Crippen LogP contribution >= 0.6 is 0 Å². The number of benzene rings is 1. The lowest BCUT2D eigenvalue weighted by atomic mass is 10.2. The van der Waals surface area contributed by atoms with Crippen molar-refractivity contribution in [2.24, 2.45) is 0 Å². The molecule has 1 N–H and O–H groups in total. The van der Waals surface area contributed by atoms with Gasteiger partial charge in [0.05, 0.1) is 0 Å². The number of pyridine rings is 1. The van der Waals surface area contributed by atoms with Gasteiger partial charge in [-0.1, -0.05) is 18.2 Å². The van der Waals surface area contributed by atoms with E-state index in [0.29, 0.717) is 18.9 Å². The van der Waals surface area contributed by atoms with Gasteiger partial charge in [0.25, 0.3) is 0 Å². The van der Waals surface area contributed by atoms with Crippen LogP contribution in [0.2, 0.25) is 0 Å². The Morgan fingerprint density at radius 3 is 2.89 bits per heavy atom. The summed E-state index contributed by atoms with van der Waals surface area (Å²) in [6.07, 6.45) is 3.40. The van der Waals surface area contributed by atoms with Gasteiger partial charge in [-0.3, -0.25) is 4.98 Å². The lowest BCUT2D eigenvalue weighted by Gasteiger charge is -2.12. The van der Waals surface area contributed by atoms with E-state index in [1.807, 2.05) is 25.2 Å². The molecule has 0 bridgehead atoms. The number of aromatic nitrogens is 1. The minimum atomic E-state index is -0.341. The van der Waals surface area contributed by atoms with Crippen molar-refractivity contribution in [3.05, 3.63) is 59.7 Å². The SMILES string of the molecule is CNCc1cccc(F)c1OCc1cccnc1. The highest BCUT2D eigenvalue weighted by Crippen LogP contribution is 2.23. The second-order valence-electron chi connectivity index (χ2n) is 3.91. The Morgan fingerprint density at radius 2 is 2.17 bits per heavy atom. The van der Waals surface area contributed by atoms with E-state index in [9.17, 15) is 4.39 Å². The zero-order chi connectivity index (χ0) is 12.8. The Kier molecular flexibility index (Phi) is 4.25. The van der Waals surface area contributed by atoms with E-state index in [0.717, 1.165) is 11.1 Å². The minimum Gasteiger partial charge on any atom is -0.485 e. The smallest absolute Gasteiger partial charge is 0.165 e. The monoisotopic (exact) mass is 246 g/mol. The van der Waals surface area contributed by atoms with E-state index < -0.39 is 0 Å². The van der Waals surface area contributed by atoms with Crippen molar-refractivity contribution >= 4 is 0 Å². The Hall–Kier alpha value is -1.94. The van der Waals surface area contributed by atoms with Gasteiger partial charge in [-0.25, -0.2) is 4.39 Å². The van der Waals surface area contributed by atoms with Crippen LogP contribution in [0.15, 0.2) is 42.7 Å². The molecule has 3 nitrogen and oxygen atoms in total. The fourth-order valence-electron chi connectivity index (χ4n) is 1.68. The number of nitrogens with one attached hydrogen (secondary N) is 1. The van der Waals surface area contributed by atoms with Crippen molar-refractivity contribution in [1.29, 1.82) is 0 Å². The highest BCUT2D eigenvalue weighted by molar-refractivity contribution is 5.35. The van der Waals surface area contributed by atoms with Crippen LogP contribution < -0.4 is 10.1 Å². The molecule has 4 heteroatoms. The van der Waals surface area contributed by atoms with Crippen molar-refractivity contribution in [1.82, 2.24) is 10.3 Å². The van der Waals surface area contributed by atoms with Gasteiger partial charge in [-0.05, 0) is 19.2 Å². The van der Waals surface area contributed by atoms with E-state index >= 15 is 0 Å². The van der Waals surface area contributed by atoms with E-state index in [-0.39, 0.29) is 5.82 Å².